The Morgan fingerprint density at radius 3 is 2.47 bits per heavy atom. The third kappa shape index (κ3) is 4.95. The molecule has 3 aromatic rings. The second-order valence-electron chi connectivity index (χ2n) is 8.68. The van der Waals surface area contributed by atoms with Crippen LogP contribution in [0.2, 0.25) is 0 Å². The maximum Gasteiger partial charge on any atom is 0.259 e. The van der Waals surface area contributed by atoms with Crippen LogP contribution in [-0.2, 0) is 4.79 Å². The fraction of sp³-hybridized carbons (Fsp3) is 0.250. The number of ether oxygens (including phenoxy) is 1. The number of rotatable bonds is 6. The highest BCUT2D eigenvalue weighted by molar-refractivity contribution is 7.99. The van der Waals surface area contributed by atoms with E-state index in [9.17, 15) is 14.4 Å². The van der Waals surface area contributed by atoms with E-state index in [1.807, 2.05) is 42.2 Å². The van der Waals surface area contributed by atoms with Gasteiger partial charge in [-0.25, -0.2) is 0 Å². The molecule has 0 atom stereocenters. The molecule has 8 heteroatoms. The number of carbonyl (C=O) groups excluding carboxylic acids is 3. The van der Waals surface area contributed by atoms with E-state index in [1.54, 1.807) is 36.4 Å². The van der Waals surface area contributed by atoms with Gasteiger partial charge >= 0.3 is 0 Å². The lowest BCUT2D eigenvalue weighted by Crippen LogP contribution is -2.38. The molecule has 0 bridgehead atoms. The maximum atomic E-state index is 13.7. The minimum absolute atomic E-state index is 0.0479. The number of hydrogen-bond acceptors (Lipinski definition) is 5. The summed E-state index contributed by atoms with van der Waals surface area (Å²) in [6.07, 6.45) is 2.00. The van der Waals surface area contributed by atoms with Crippen molar-refractivity contribution in [3.63, 3.8) is 0 Å². The van der Waals surface area contributed by atoms with Crippen molar-refractivity contribution in [2.45, 2.75) is 29.6 Å². The van der Waals surface area contributed by atoms with E-state index < -0.39 is 0 Å². The quantitative estimate of drug-likeness (QED) is 0.510. The van der Waals surface area contributed by atoms with Crippen LogP contribution >= 0.6 is 11.8 Å². The lowest BCUT2D eigenvalue weighted by molar-refractivity contribution is -0.114. The number of hydrogen-bond donors (Lipinski definition) is 1. The minimum Gasteiger partial charge on any atom is -0.494 e. The van der Waals surface area contributed by atoms with Crippen LogP contribution in [0.1, 0.15) is 40.5 Å². The van der Waals surface area contributed by atoms with E-state index in [4.69, 9.17) is 4.74 Å². The summed E-state index contributed by atoms with van der Waals surface area (Å²) in [6, 6.07) is 19.9. The molecule has 5 rings (SSSR count). The van der Waals surface area contributed by atoms with Gasteiger partial charge in [-0.05, 0) is 74.4 Å². The Morgan fingerprint density at radius 1 is 0.972 bits per heavy atom. The van der Waals surface area contributed by atoms with Crippen LogP contribution in [0.4, 0.5) is 11.4 Å². The first-order valence-electron chi connectivity index (χ1n) is 12.1. The van der Waals surface area contributed by atoms with Crippen molar-refractivity contribution in [1.82, 2.24) is 4.90 Å². The zero-order chi connectivity index (χ0) is 25.1. The lowest BCUT2D eigenvalue weighted by Gasteiger charge is -2.24. The van der Waals surface area contributed by atoms with Gasteiger partial charge in [-0.2, -0.15) is 0 Å². The Balaban J connectivity index is 1.45. The lowest BCUT2D eigenvalue weighted by atomic mass is 10.1. The van der Waals surface area contributed by atoms with Gasteiger partial charge in [-0.1, -0.05) is 23.9 Å². The number of carbonyl (C=O) groups is 3. The Morgan fingerprint density at radius 2 is 1.72 bits per heavy atom. The summed E-state index contributed by atoms with van der Waals surface area (Å²) in [5.74, 6) is 0.0628. The summed E-state index contributed by atoms with van der Waals surface area (Å²) >= 11 is 1.47. The molecule has 1 N–H and O–H groups in total. The summed E-state index contributed by atoms with van der Waals surface area (Å²) in [5, 5.41) is 2.87. The number of amides is 3. The largest absolute Gasteiger partial charge is 0.494 e. The molecule has 3 aromatic carbocycles. The molecule has 2 heterocycles. The van der Waals surface area contributed by atoms with Gasteiger partial charge in [0.2, 0.25) is 5.91 Å². The summed E-state index contributed by atoms with van der Waals surface area (Å²) in [6.45, 7) is 3.76. The van der Waals surface area contributed by atoms with Crippen molar-refractivity contribution in [2.24, 2.45) is 0 Å². The zero-order valence-electron chi connectivity index (χ0n) is 20.0. The summed E-state index contributed by atoms with van der Waals surface area (Å²) in [4.78, 5) is 44.8. The summed E-state index contributed by atoms with van der Waals surface area (Å²) < 4.78 is 5.46. The maximum absolute atomic E-state index is 13.7. The van der Waals surface area contributed by atoms with Gasteiger partial charge in [-0.3, -0.25) is 19.3 Å². The average Bonchev–Trinajstić information content (AvgIpc) is 3.40. The predicted molar refractivity (Wildman–Crippen MR) is 140 cm³/mol. The topological polar surface area (TPSA) is 79.0 Å². The predicted octanol–water partition coefficient (Wildman–Crippen LogP) is 5.07. The Labute approximate surface area is 214 Å². The fourth-order valence-electron chi connectivity index (χ4n) is 4.46. The van der Waals surface area contributed by atoms with Crippen LogP contribution in [0, 0.1) is 0 Å². The Bertz CT molecular complexity index is 1300. The van der Waals surface area contributed by atoms with Crippen molar-refractivity contribution in [1.29, 1.82) is 0 Å². The van der Waals surface area contributed by atoms with E-state index in [0.717, 1.165) is 41.5 Å². The number of nitrogens with one attached hydrogen (secondary N) is 1. The standard InChI is InChI=1S/C28H27N3O4S/c1-2-35-21-12-10-20(11-13-21)29-26(32)18-31-23-17-19(27(33)30-15-5-6-16-30)9-14-25(23)36-24-8-4-3-7-22(24)28(31)34/h3-4,7-14,17H,2,5-6,15-16,18H2,1H3,(H,29,32). The van der Waals surface area contributed by atoms with Crippen LogP contribution in [0.5, 0.6) is 5.75 Å². The van der Waals surface area contributed by atoms with Crippen LogP contribution in [0.3, 0.4) is 0 Å². The Hall–Kier alpha value is -3.78. The summed E-state index contributed by atoms with van der Waals surface area (Å²) in [7, 11) is 0. The van der Waals surface area contributed by atoms with Crippen LogP contribution in [0.15, 0.2) is 76.5 Å². The molecule has 184 valence electrons. The van der Waals surface area contributed by atoms with Crippen LogP contribution in [0.25, 0.3) is 0 Å². The van der Waals surface area contributed by atoms with E-state index in [-0.39, 0.29) is 24.3 Å². The first kappa shape index (κ1) is 23.9. The second-order valence-corrected chi connectivity index (χ2v) is 9.76. The number of fused-ring (bicyclic) bond motifs is 2. The van der Waals surface area contributed by atoms with Crippen molar-refractivity contribution in [3.05, 3.63) is 77.9 Å². The molecule has 3 amide bonds. The average molecular weight is 502 g/mol. The number of likely N-dealkylation sites (tertiary alicyclic amines) is 1. The third-order valence-corrected chi connectivity index (χ3v) is 7.36. The molecular formula is C28H27N3O4S. The molecule has 0 aromatic heterocycles. The molecule has 2 aliphatic heterocycles. The molecule has 0 unspecified atom stereocenters. The molecular weight excluding hydrogens is 474 g/mol. The molecule has 0 saturated carbocycles. The van der Waals surface area contributed by atoms with E-state index in [0.29, 0.717) is 29.1 Å². The molecule has 0 spiro atoms. The second kappa shape index (κ2) is 10.5. The minimum atomic E-state index is -0.334. The molecule has 0 aliphatic carbocycles. The first-order chi connectivity index (χ1) is 17.5. The monoisotopic (exact) mass is 501 g/mol. The molecule has 1 fully saturated rings. The first-order valence-corrected chi connectivity index (χ1v) is 12.9. The van der Waals surface area contributed by atoms with E-state index in [2.05, 4.69) is 5.32 Å². The van der Waals surface area contributed by atoms with Crippen LogP contribution in [-0.4, -0.2) is 48.9 Å². The molecule has 7 nitrogen and oxygen atoms in total. The smallest absolute Gasteiger partial charge is 0.259 e. The van der Waals surface area contributed by atoms with Crippen molar-refractivity contribution >= 4 is 40.9 Å². The SMILES string of the molecule is CCOc1ccc(NC(=O)CN2C(=O)c3ccccc3Sc3ccc(C(=O)N4CCCC4)cc32)cc1. The molecule has 0 radical (unpaired) electrons. The van der Waals surface area contributed by atoms with Gasteiger partial charge in [0.1, 0.15) is 12.3 Å². The highest BCUT2D eigenvalue weighted by Crippen LogP contribution is 2.42. The normalized spacial score (nSPS) is 14.6. The van der Waals surface area contributed by atoms with Crippen LogP contribution < -0.4 is 15.0 Å². The van der Waals surface area contributed by atoms with Gasteiger partial charge < -0.3 is 15.0 Å². The fourth-order valence-corrected chi connectivity index (χ4v) is 5.52. The number of nitrogens with zero attached hydrogens (tertiary/aromatic N) is 2. The molecule has 1 saturated heterocycles. The van der Waals surface area contributed by atoms with Crippen molar-refractivity contribution < 1.29 is 19.1 Å². The van der Waals surface area contributed by atoms with Gasteiger partial charge in [0.05, 0.1) is 17.9 Å². The van der Waals surface area contributed by atoms with Crippen molar-refractivity contribution in [3.8, 4) is 5.75 Å². The summed E-state index contributed by atoms with van der Waals surface area (Å²) in [5.41, 5.74) is 2.22. The Kier molecular flexibility index (Phi) is 6.95. The number of anilines is 2. The molecule has 2 aliphatic rings. The van der Waals surface area contributed by atoms with Gasteiger partial charge in [-0.15, -0.1) is 0 Å². The third-order valence-electron chi connectivity index (χ3n) is 6.22. The van der Waals surface area contributed by atoms with Gasteiger partial charge in [0.25, 0.3) is 11.8 Å². The number of benzene rings is 3. The zero-order valence-corrected chi connectivity index (χ0v) is 20.8. The van der Waals surface area contributed by atoms with Gasteiger partial charge in [0, 0.05) is 34.1 Å². The van der Waals surface area contributed by atoms with Gasteiger partial charge in [0.15, 0.2) is 0 Å². The van der Waals surface area contributed by atoms with E-state index in [1.165, 1.54) is 16.7 Å². The molecule has 36 heavy (non-hydrogen) atoms. The van der Waals surface area contributed by atoms with Crippen molar-refractivity contribution in [2.75, 3.05) is 36.5 Å². The van der Waals surface area contributed by atoms with E-state index >= 15 is 0 Å². The highest BCUT2D eigenvalue weighted by atomic mass is 32.2. The highest BCUT2D eigenvalue weighted by Gasteiger charge is 2.30.